The van der Waals surface area contributed by atoms with Crippen molar-refractivity contribution in [1.29, 1.82) is 0 Å². The van der Waals surface area contributed by atoms with E-state index in [0.717, 1.165) is 19.3 Å². The number of unbranched alkanes of at least 4 members (excludes halogenated alkanes) is 7. The van der Waals surface area contributed by atoms with Crippen LogP contribution in [0.4, 0.5) is 0 Å². The van der Waals surface area contributed by atoms with Crippen molar-refractivity contribution in [2.24, 2.45) is 5.84 Å². The molecule has 0 aromatic carbocycles. The fraction of sp³-hybridized carbons (Fsp3) is 0.611. The fourth-order valence-corrected chi connectivity index (χ4v) is 1.95. The molecule has 1 amide bonds. The Kier molecular flexibility index (Phi) is 15.6. The Morgan fingerprint density at radius 1 is 0.857 bits per heavy atom. The summed E-state index contributed by atoms with van der Waals surface area (Å²) in [6, 6.07) is 0. The summed E-state index contributed by atoms with van der Waals surface area (Å²) in [5.74, 6) is 4.95. The monoisotopic (exact) mass is 292 g/mol. The molecule has 120 valence electrons. The molecule has 3 N–H and O–H groups in total. The van der Waals surface area contributed by atoms with Crippen LogP contribution in [0.5, 0.6) is 0 Å². The highest BCUT2D eigenvalue weighted by Gasteiger charge is 1.96. The lowest BCUT2D eigenvalue weighted by Gasteiger charge is -2.00. The van der Waals surface area contributed by atoms with Crippen molar-refractivity contribution in [3.63, 3.8) is 0 Å². The standard InChI is InChI=1S/C18H32N2O/c1-2-3-4-5-6-7-8-9-10-11-12-13-14-15-16-17-18(21)20-19/h5-10H,2-4,11-17,19H2,1H3,(H,20,21)/b6-5+,8-7+,10-9-. The molecule has 3 nitrogen and oxygen atoms in total. The van der Waals surface area contributed by atoms with Gasteiger partial charge in [0.15, 0.2) is 0 Å². The maximum atomic E-state index is 10.9. The third-order valence-electron chi connectivity index (χ3n) is 3.27. The third kappa shape index (κ3) is 16.6. The van der Waals surface area contributed by atoms with Gasteiger partial charge < -0.3 is 0 Å². The van der Waals surface area contributed by atoms with Crippen LogP contribution in [0.3, 0.4) is 0 Å². The van der Waals surface area contributed by atoms with Crippen molar-refractivity contribution in [3.05, 3.63) is 36.5 Å². The van der Waals surface area contributed by atoms with Gasteiger partial charge in [-0.3, -0.25) is 10.2 Å². The Labute approximate surface area is 130 Å². The van der Waals surface area contributed by atoms with E-state index < -0.39 is 0 Å². The highest BCUT2D eigenvalue weighted by atomic mass is 16.2. The van der Waals surface area contributed by atoms with Crippen LogP contribution in [0.1, 0.15) is 71.1 Å². The molecule has 0 fully saturated rings. The van der Waals surface area contributed by atoms with Crippen molar-refractivity contribution in [2.75, 3.05) is 0 Å². The summed E-state index contributed by atoms with van der Waals surface area (Å²) < 4.78 is 0. The first-order chi connectivity index (χ1) is 10.3. The van der Waals surface area contributed by atoms with Crippen LogP contribution < -0.4 is 11.3 Å². The van der Waals surface area contributed by atoms with Crippen LogP contribution in [0.25, 0.3) is 0 Å². The van der Waals surface area contributed by atoms with Crippen LogP contribution >= 0.6 is 0 Å². The zero-order valence-corrected chi connectivity index (χ0v) is 13.5. The zero-order valence-electron chi connectivity index (χ0n) is 13.5. The highest BCUT2D eigenvalue weighted by molar-refractivity contribution is 5.74. The number of carbonyl (C=O) groups excluding carboxylic acids is 1. The smallest absolute Gasteiger partial charge is 0.233 e. The van der Waals surface area contributed by atoms with E-state index in [-0.39, 0.29) is 5.91 Å². The van der Waals surface area contributed by atoms with Gasteiger partial charge in [-0.1, -0.05) is 75.5 Å². The van der Waals surface area contributed by atoms with Gasteiger partial charge in [0.1, 0.15) is 0 Å². The van der Waals surface area contributed by atoms with Crippen molar-refractivity contribution >= 4 is 5.91 Å². The second-order valence-corrected chi connectivity index (χ2v) is 5.26. The molecule has 0 bridgehead atoms. The maximum Gasteiger partial charge on any atom is 0.233 e. The van der Waals surface area contributed by atoms with Crippen LogP contribution in [0.2, 0.25) is 0 Å². The van der Waals surface area contributed by atoms with Crippen molar-refractivity contribution in [2.45, 2.75) is 71.1 Å². The van der Waals surface area contributed by atoms with E-state index in [1.807, 2.05) is 0 Å². The van der Waals surface area contributed by atoms with Crippen LogP contribution in [0, 0.1) is 0 Å². The Morgan fingerprint density at radius 3 is 2.05 bits per heavy atom. The predicted molar refractivity (Wildman–Crippen MR) is 91.6 cm³/mol. The summed E-state index contributed by atoms with van der Waals surface area (Å²) in [6.07, 6.45) is 24.0. The lowest BCUT2D eigenvalue weighted by atomic mass is 10.1. The van der Waals surface area contributed by atoms with Crippen molar-refractivity contribution < 1.29 is 4.79 Å². The first-order valence-electron chi connectivity index (χ1n) is 8.29. The molecule has 0 rings (SSSR count). The Bertz CT molecular complexity index is 319. The minimum absolute atomic E-state index is 0.0616. The molecule has 0 aromatic heterocycles. The molecule has 0 spiro atoms. The van der Waals surface area contributed by atoms with Gasteiger partial charge in [0.25, 0.3) is 0 Å². The zero-order chi connectivity index (χ0) is 15.6. The molecule has 0 unspecified atom stereocenters. The number of rotatable bonds is 13. The number of hydrogen-bond acceptors (Lipinski definition) is 2. The number of nitrogens with two attached hydrogens (primary N) is 1. The van der Waals surface area contributed by atoms with Gasteiger partial charge in [-0.2, -0.15) is 0 Å². The van der Waals surface area contributed by atoms with Gasteiger partial charge in [0.05, 0.1) is 0 Å². The van der Waals surface area contributed by atoms with Crippen LogP contribution in [-0.2, 0) is 4.79 Å². The van der Waals surface area contributed by atoms with Gasteiger partial charge in [-0.05, 0) is 25.7 Å². The average molecular weight is 292 g/mol. The largest absolute Gasteiger partial charge is 0.294 e. The normalized spacial score (nSPS) is 11.9. The van der Waals surface area contributed by atoms with Crippen molar-refractivity contribution in [3.8, 4) is 0 Å². The van der Waals surface area contributed by atoms with Gasteiger partial charge >= 0.3 is 0 Å². The predicted octanol–water partition coefficient (Wildman–Crippen LogP) is 4.57. The molecule has 3 heteroatoms. The molecule has 0 radical (unpaired) electrons. The number of nitrogens with one attached hydrogen (secondary N) is 1. The minimum Gasteiger partial charge on any atom is -0.294 e. The third-order valence-corrected chi connectivity index (χ3v) is 3.27. The summed E-state index contributed by atoms with van der Waals surface area (Å²) in [4.78, 5) is 10.9. The highest BCUT2D eigenvalue weighted by Crippen LogP contribution is 2.07. The number of amides is 1. The van der Waals surface area contributed by atoms with Crippen molar-refractivity contribution in [1.82, 2.24) is 5.43 Å². The molecule has 21 heavy (non-hydrogen) atoms. The molecular formula is C18H32N2O. The maximum absolute atomic E-state index is 10.9. The van der Waals surface area contributed by atoms with E-state index in [2.05, 4.69) is 48.8 Å². The van der Waals surface area contributed by atoms with E-state index in [1.165, 1.54) is 38.5 Å². The second-order valence-electron chi connectivity index (χ2n) is 5.26. The molecule has 0 atom stereocenters. The van der Waals surface area contributed by atoms with Crippen LogP contribution in [0.15, 0.2) is 36.5 Å². The van der Waals surface area contributed by atoms with E-state index in [4.69, 9.17) is 5.84 Å². The summed E-state index contributed by atoms with van der Waals surface area (Å²) >= 11 is 0. The topological polar surface area (TPSA) is 55.1 Å². The SMILES string of the molecule is CCCC/C=C/C=C/C=C\CCCCCCCC(=O)NN. The number of carbonyl (C=O) groups is 1. The Hall–Kier alpha value is -1.35. The second kappa shape index (κ2) is 16.7. The van der Waals surface area contributed by atoms with Gasteiger partial charge in [-0.25, -0.2) is 5.84 Å². The molecule has 0 aromatic rings. The summed E-state index contributed by atoms with van der Waals surface area (Å²) in [5.41, 5.74) is 2.16. The summed E-state index contributed by atoms with van der Waals surface area (Å²) in [5, 5.41) is 0. The fourth-order valence-electron chi connectivity index (χ4n) is 1.95. The first-order valence-corrected chi connectivity index (χ1v) is 8.29. The van der Waals surface area contributed by atoms with Gasteiger partial charge in [0.2, 0.25) is 5.91 Å². The lowest BCUT2D eigenvalue weighted by Crippen LogP contribution is -2.29. The minimum atomic E-state index is -0.0616. The number of allylic oxidation sites excluding steroid dienone is 6. The quantitative estimate of drug-likeness (QED) is 0.172. The van der Waals surface area contributed by atoms with Crippen LogP contribution in [-0.4, -0.2) is 5.91 Å². The van der Waals surface area contributed by atoms with Gasteiger partial charge in [-0.15, -0.1) is 0 Å². The first kappa shape index (κ1) is 19.7. The van der Waals surface area contributed by atoms with E-state index in [9.17, 15) is 4.79 Å². The molecule has 0 aliphatic heterocycles. The molecule has 0 aliphatic rings. The molecule has 0 saturated heterocycles. The van der Waals surface area contributed by atoms with E-state index in [1.54, 1.807) is 0 Å². The Balaban J connectivity index is 3.30. The summed E-state index contributed by atoms with van der Waals surface area (Å²) in [6.45, 7) is 2.21. The molecule has 0 aliphatic carbocycles. The lowest BCUT2D eigenvalue weighted by molar-refractivity contribution is -0.121. The van der Waals surface area contributed by atoms with E-state index >= 15 is 0 Å². The Morgan fingerprint density at radius 2 is 1.43 bits per heavy atom. The molecular weight excluding hydrogens is 260 g/mol. The average Bonchev–Trinajstić information content (AvgIpc) is 2.50. The molecule has 0 heterocycles. The number of hydrogen-bond donors (Lipinski definition) is 2. The van der Waals surface area contributed by atoms with Gasteiger partial charge in [0, 0.05) is 6.42 Å². The summed E-state index contributed by atoms with van der Waals surface area (Å²) in [7, 11) is 0. The van der Waals surface area contributed by atoms with E-state index in [0.29, 0.717) is 6.42 Å². The number of hydrazine groups is 1. The molecule has 0 saturated carbocycles.